The molecule has 78 valence electrons. The van der Waals surface area contributed by atoms with Gasteiger partial charge in [-0.15, -0.1) is 0 Å². The summed E-state index contributed by atoms with van der Waals surface area (Å²) in [5.74, 6) is -0.164. The highest BCUT2D eigenvalue weighted by molar-refractivity contribution is 5.89. The molecule has 0 fully saturated rings. The lowest BCUT2D eigenvalue weighted by molar-refractivity contribution is -0.118. The van der Waals surface area contributed by atoms with Crippen molar-refractivity contribution < 1.29 is 14.3 Å². The summed E-state index contributed by atoms with van der Waals surface area (Å²) in [5.41, 5.74) is 0.655. The first kappa shape index (κ1) is 12.4. The number of hydrogen-bond donors (Lipinski definition) is 1. The minimum atomic E-state index is -0.676. The van der Waals surface area contributed by atoms with Gasteiger partial charge in [-0.05, 0) is 19.4 Å². The van der Waals surface area contributed by atoms with Gasteiger partial charge in [0, 0.05) is 0 Å². The van der Waals surface area contributed by atoms with Gasteiger partial charge in [-0.1, -0.05) is 18.7 Å². The van der Waals surface area contributed by atoms with Crippen molar-refractivity contribution >= 4 is 11.9 Å². The minimum absolute atomic E-state index is 0.164. The zero-order chi connectivity index (χ0) is 11.1. The van der Waals surface area contributed by atoms with Crippen molar-refractivity contribution in [2.24, 2.45) is 0 Å². The van der Waals surface area contributed by atoms with Crippen LogP contribution < -0.4 is 5.32 Å². The van der Waals surface area contributed by atoms with Gasteiger partial charge in [0.1, 0.15) is 6.04 Å². The van der Waals surface area contributed by atoms with Crippen LogP contribution in [0.25, 0.3) is 0 Å². The number of Topliss-reactive ketones (excluding diaryl/α,β-unsaturated/α-hetero) is 1. The maximum atomic E-state index is 11.2. The van der Waals surface area contributed by atoms with E-state index in [1.165, 1.54) is 20.1 Å². The van der Waals surface area contributed by atoms with Gasteiger partial charge in [0.25, 0.3) is 0 Å². The zero-order valence-corrected chi connectivity index (χ0v) is 8.66. The van der Waals surface area contributed by atoms with E-state index < -0.39 is 12.1 Å². The third kappa shape index (κ3) is 3.43. The Labute approximate surface area is 83.6 Å². The third-order valence-corrected chi connectivity index (χ3v) is 1.76. The van der Waals surface area contributed by atoms with Crippen LogP contribution in [0.2, 0.25) is 0 Å². The molecule has 0 saturated carbocycles. The first-order valence-corrected chi connectivity index (χ1v) is 4.20. The molecule has 4 nitrogen and oxygen atoms in total. The zero-order valence-electron chi connectivity index (χ0n) is 8.66. The summed E-state index contributed by atoms with van der Waals surface area (Å²) in [5, 5.41) is 2.42. The molecular formula is C10H15NO3. The predicted octanol–water partition coefficient (Wildman–Crippen LogP) is 1.43. The first-order chi connectivity index (χ1) is 6.56. The summed E-state index contributed by atoms with van der Waals surface area (Å²) in [6, 6.07) is -0.676. The molecule has 14 heavy (non-hydrogen) atoms. The summed E-state index contributed by atoms with van der Waals surface area (Å²) in [4.78, 5) is 22.1. The molecule has 1 atom stereocenters. The number of methoxy groups -OCH3 is 1. The summed E-state index contributed by atoms with van der Waals surface area (Å²) in [6.07, 6.45) is 2.61. The number of nitrogens with one attached hydrogen (secondary N) is 1. The van der Waals surface area contributed by atoms with Crippen LogP contribution in [0.3, 0.4) is 0 Å². The maximum absolute atomic E-state index is 11.2. The molecule has 0 aliphatic rings. The lowest BCUT2D eigenvalue weighted by Crippen LogP contribution is -2.40. The van der Waals surface area contributed by atoms with Gasteiger partial charge in [0.05, 0.1) is 7.11 Å². The average molecular weight is 197 g/mol. The monoisotopic (exact) mass is 197 g/mol. The Hall–Kier alpha value is -1.58. The average Bonchev–Trinajstić information content (AvgIpc) is 2.17. The van der Waals surface area contributed by atoms with Gasteiger partial charge in [-0.2, -0.15) is 0 Å². The summed E-state index contributed by atoms with van der Waals surface area (Å²) >= 11 is 0. The molecule has 0 radical (unpaired) electrons. The Bertz CT molecular complexity index is 269. The highest BCUT2D eigenvalue weighted by Crippen LogP contribution is 2.05. The Morgan fingerprint density at radius 1 is 1.50 bits per heavy atom. The molecule has 0 saturated heterocycles. The van der Waals surface area contributed by atoms with Gasteiger partial charge in [0.2, 0.25) is 0 Å². The van der Waals surface area contributed by atoms with Crippen LogP contribution in [0.4, 0.5) is 4.79 Å². The van der Waals surface area contributed by atoms with Gasteiger partial charge in [-0.25, -0.2) is 4.79 Å². The Balaban J connectivity index is 4.68. The molecule has 4 heteroatoms. The molecule has 0 aliphatic carbocycles. The lowest BCUT2D eigenvalue weighted by Gasteiger charge is -2.15. The molecule has 0 aliphatic heterocycles. The van der Waals surface area contributed by atoms with E-state index in [-0.39, 0.29) is 5.78 Å². The number of hydrogen-bond acceptors (Lipinski definition) is 3. The van der Waals surface area contributed by atoms with E-state index in [1.54, 1.807) is 13.0 Å². The molecule has 1 amide bonds. The topological polar surface area (TPSA) is 55.4 Å². The van der Waals surface area contributed by atoms with Gasteiger partial charge in [0.15, 0.2) is 5.78 Å². The molecular weight excluding hydrogens is 182 g/mol. The standard InChI is InChI=1S/C10H15NO3/c1-5-8(6-2)9(7(3)12)11-10(13)14-4/h5-6,9H,1H2,2-4H3,(H,11,13)/b8-6+/t9-/m1/s1. The Kier molecular flexibility index (Phi) is 5.29. The van der Waals surface area contributed by atoms with Crippen molar-refractivity contribution in [1.82, 2.24) is 5.32 Å². The molecule has 0 aromatic carbocycles. The van der Waals surface area contributed by atoms with E-state index in [0.717, 1.165) is 0 Å². The van der Waals surface area contributed by atoms with E-state index in [2.05, 4.69) is 16.6 Å². The minimum Gasteiger partial charge on any atom is -0.453 e. The number of alkyl carbamates (subject to hydrolysis) is 1. The molecule has 0 aromatic heterocycles. The highest BCUT2D eigenvalue weighted by Gasteiger charge is 2.19. The van der Waals surface area contributed by atoms with Crippen molar-refractivity contribution in [2.45, 2.75) is 19.9 Å². The number of ketones is 1. The molecule has 0 heterocycles. The number of allylic oxidation sites excluding steroid dienone is 1. The summed E-state index contributed by atoms with van der Waals surface area (Å²) < 4.78 is 4.41. The number of carbonyl (C=O) groups is 2. The molecule has 1 N–H and O–H groups in total. The Morgan fingerprint density at radius 2 is 2.07 bits per heavy atom. The van der Waals surface area contributed by atoms with Gasteiger partial charge >= 0.3 is 6.09 Å². The number of carbonyl (C=O) groups excluding carboxylic acids is 2. The SMILES string of the molecule is C=C/C(=C\C)[C@H](NC(=O)OC)C(C)=O. The molecule has 0 aromatic rings. The summed E-state index contributed by atoms with van der Waals surface area (Å²) in [6.45, 7) is 6.72. The quantitative estimate of drug-likeness (QED) is 0.694. The molecule has 0 unspecified atom stereocenters. The van der Waals surface area contributed by atoms with Crippen molar-refractivity contribution in [3.63, 3.8) is 0 Å². The van der Waals surface area contributed by atoms with Crippen molar-refractivity contribution in [3.05, 3.63) is 24.3 Å². The van der Waals surface area contributed by atoms with Gasteiger partial charge < -0.3 is 10.1 Å². The molecule has 0 bridgehead atoms. The van der Waals surface area contributed by atoms with Crippen LogP contribution in [0, 0.1) is 0 Å². The van der Waals surface area contributed by atoms with Crippen LogP contribution in [-0.2, 0) is 9.53 Å². The van der Waals surface area contributed by atoms with Crippen LogP contribution in [0.1, 0.15) is 13.8 Å². The van der Waals surface area contributed by atoms with E-state index >= 15 is 0 Å². The summed E-state index contributed by atoms with van der Waals surface area (Å²) in [7, 11) is 1.25. The predicted molar refractivity (Wildman–Crippen MR) is 54.0 cm³/mol. The smallest absolute Gasteiger partial charge is 0.407 e. The number of amides is 1. The van der Waals surface area contributed by atoms with E-state index in [1.807, 2.05) is 0 Å². The second-order valence-electron chi connectivity index (χ2n) is 2.67. The fourth-order valence-corrected chi connectivity index (χ4v) is 0.999. The second kappa shape index (κ2) is 5.96. The normalized spacial score (nSPS) is 12.9. The van der Waals surface area contributed by atoms with Crippen LogP contribution >= 0.6 is 0 Å². The van der Waals surface area contributed by atoms with E-state index in [9.17, 15) is 9.59 Å². The fraction of sp³-hybridized carbons (Fsp3) is 0.400. The largest absolute Gasteiger partial charge is 0.453 e. The first-order valence-electron chi connectivity index (χ1n) is 4.20. The number of ether oxygens (including phenoxy) is 1. The van der Waals surface area contributed by atoms with Crippen molar-refractivity contribution in [1.29, 1.82) is 0 Å². The van der Waals surface area contributed by atoms with Crippen molar-refractivity contribution in [3.8, 4) is 0 Å². The lowest BCUT2D eigenvalue weighted by atomic mass is 10.0. The molecule has 0 rings (SSSR count). The fourth-order valence-electron chi connectivity index (χ4n) is 0.999. The number of rotatable bonds is 4. The van der Waals surface area contributed by atoms with Gasteiger partial charge in [-0.3, -0.25) is 4.79 Å². The van der Waals surface area contributed by atoms with Crippen molar-refractivity contribution in [2.75, 3.05) is 7.11 Å². The maximum Gasteiger partial charge on any atom is 0.407 e. The highest BCUT2D eigenvalue weighted by atomic mass is 16.5. The van der Waals surface area contributed by atoms with Crippen LogP contribution in [0.5, 0.6) is 0 Å². The van der Waals surface area contributed by atoms with E-state index in [4.69, 9.17) is 0 Å². The third-order valence-electron chi connectivity index (χ3n) is 1.76. The molecule has 0 spiro atoms. The van der Waals surface area contributed by atoms with Crippen LogP contribution in [-0.4, -0.2) is 25.0 Å². The second-order valence-corrected chi connectivity index (χ2v) is 2.67. The van der Waals surface area contributed by atoms with Crippen LogP contribution in [0.15, 0.2) is 24.3 Å². The Morgan fingerprint density at radius 3 is 2.36 bits per heavy atom. The van der Waals surface area contributed by atoms with E-state index in [0.29, 0.717) is 5.57 Å².